The summed E-state index contributed by atoms with van der Waals surface area (Å²) < 4.78 is 0. The molecule has 0 bridgehead atoms. The third kappa shape index (κ3) is 4.32. The Balaban J connectivity index is 1.74. The summed E-state index contributed by atoms with van der Waals surface area (Å²) in [5.74, 6) is 1.23. The van der Waals surface area contributed by atoms with Gasteiger partial charge in [-0.3, -0.25) is 0 Å². The molecule has 0 amide bonds. The van der Waals surface area contributed by atoms with Gasteiger partial charge in [-0.05, 0) is 50.5 Å². The summed E-state index contributed by atoms with van der Waals surface area (Å²) in [4.78, 5) is 0. The Morgan fingerprint density at radius 2 is 2.05 bits per heavy atom. The van der Waals surface area contributed by atoms with Crippen molar-refractivity contribution >= 4 is 0 Å². The lowest BCUT2D eigenvalue weighted by molar-refractivity contribution is 0.0320. The first kappa shape index (κ1) is 15.5. The third-order valence-corrected chi connectivity index (χ3v) is 4.27. The molecule has 2 heteroatoms. The van der Waals surface area contributed by atoms with E-state index >= 15 is 0 Å². The first-order chi connectivity index (χ1) is 9.35. The maximum atomic E-state index is 10.3. The van der Waals surface area contributed by atoms with E-state index < -0.39 is 5.60 Å². The third-order valence-electron chi connectivity index (χ3n) is 4.27. The van der Waals surface area contributed by atoms with Gasteiger partial charge in [-0.1, -0.05) is 43.7 Å². The van der Waals surface area contributed by atoms with Crippen LogP contribution in [0.3, 0.4) is 0 Å². The van der Waals surface area contributed by atoms with Crippen molar-refractivity contribution < 1.29 is 5.11 Å². The minimum atomic E-state index is -0.581. The molecule has 1 fully saturated rings. The molecule has 1 aliphatic rings. The molecule has 1 saturated carbocycles. The van der Waals surface area contributed by atoms with Gasteiger partial charge in [0.2, 0.25) is 0 Å². The lowest BCUT2D eigenvalue weighted by Crippen LogP contribution is -2.47. The monoisotopic (exact) mass is 275 g/mol. The molecule has 2 rings (SSSR count). The van der Waals surface area contributed by atoms with Crippen molar-refractivity contribution in [1.82, 2.24) is 5.32 Å². The smallest absolute Gasteiger partial charge is 0.0746 e. The molecule has 20 heavy (non-hydrogen) atoms. The highest BCUT2D eigenvalue weighted by atomic mass is 16.3. The molecule has 0 aromatic heterocycles. The zero-order valence-electron chi connectivity index (χ0n) is 13.3. The van der Waals surface area contributed by atoms with Crippen LogP contribution in [0, 0.1) is 12.8 Å². The van der Waals surface area contributed by atoms with Crippen molar-refractivity contribution in [2.75, 3.05) is 6.54 Å². The largest absolute Gasteiger partial charge is 0.389 e. The summed E-state index contributed by atoms with van der Waals surface area (Å²) >= 11 is 0. The predicted octanol–water partition coefficient (Wildman–Crippen LogP) is 3.63. The van der Waals surface area contributed by atoms with Crippen LogP contribution in [-0.2, 0) is 0 Å². The fraction of sp³-hybridized carbons (Fsp3) is 0.667. The Bertz CT molecular complexity index is 433. The van der Waals surface area contributed by atoms with Gasteiger partial charge in [-0.25, -0.2) is 0 Å². The molecular formula is C18H29NO. The summed E-state index contributed by atoms with van der Waals surface area (Å²) in [7, 11) is 0. The maximum Gasteiger partial charge on any atom is 0.0746 e. The van der Waals surface area contributed by atoms with Crippen LogP contribution in [-0.4, -0.2) is 23.3 Å². The van der Waals surface area contributed by atoms with Gasteiger partial charge in [0.15, 0.2) is 0 Å². The zero-order valence-corrected chi connectivity index (χ0v) is 13.3. The van der Waals surface area contributed by atoms with Gasteiger partial charge in [-0.2, -0.15) is 0 Å². The van der Waals surface area contributed by atoms with E-state index in [2.05, 4.69) is 50.4 Å². The van der Waals surface area contributed by atoms with Gasteiger partial charge < -0.3 is 10.4 Å². The number of hydrogen-bond acceptors (Lipinski definition) is 2. The highest BCUT2D eigenvalue weighted by Crippen LogP contribution is 2.37. The van der Waals surface area contributed by atoms with E-state index in [1.807, 2.05) is 6.92 Å². The molecule has 1 atom stereocenters. The van der Waals surface area contributed by atoms with Crippen LogP contribution in [0.1, 0.15) is 57.1 Å². The molecule has 2 nitrogen and oxygen atoms in total. The zero-order chi connectivity index (χ0) is 14.8. The summed E-state index contributed by atoms with van der Waals surface area (Å²) in [6.45, 7) is 9.12. The Morgan fingerprint density at radius 1 is 1.35 bits per heavy atom. The second-order valence-corrected chi connectivity index (χ2v) is 7.26. The van der Waals surface area contributed by atoms with Crippen LogP contribution in [0.2, 0.25) is 0 Å². The van der Waals surface area contributed by atoms with Crippen LogP contribution in [0.5, 0.6) is 0 Å². The van der Waals surface area contributed by atoms with Crippen LogP contribution < -0.4 is 5.32 Å². The Kier molecular flexibility index (Phi) is 4.87. The first-order valence-corrected chi connectivity index (χ1v) is 7.88. The predicted molar refractivity (Wildman–Crippen MR) is 85.0 cm³/mol. The number of benzene rings is 1. The number of hydrogen-bond donors (Lipinski definition) is 2. The van der Waals surface area contributed by atoms with E-state index in [0.717, 1.165) is 6.42 Å². The molecule has 1 aliphatic carbocycles. The van der Waals surface area contributed by atoms with Crippen molar-refractivity contribution in [3.05, 3.63) is 35.4 Å². The standard InChI is InChI=1S/C18H29NO/c1-13(2)11-18(4,20)12-19-17-9-16(10-17)15-7-5-6-14(3)8-15/h5-8,13,16-17,19-20H,9-12H2,1-4H3. The molecule has 0 aliphatic heterocycles. The normalized spacial score (nSPS) is 25.3. The molecule has 2 N–H and O–H groups in total. The van der Waals surface area contributed by atoms with Gasteiger partial charge in [0.1, 0.15) is 0 Å². The fourth-order valence-electron chi connectivity index (χ4n) is 3.30. The van der Waals surface area contributed by atoms with E-state index in [4.69, 9.17) is 0 Å². The van der Waals surface area contributed by atoms with Crippen molar-refractivity contribution in [3.8, 4) is 0 Å². The van der Waals surface area contributed by atoms with Crippen molar-refractivity contribution in [3.63, 3.8) is 0 Å². The van der Waals surface area contributed by atoms with Gasteiger partial charge in [0.05, 0.1) is 5.60 Å². The van der Waals surface area contributed by atoms with Crippen LogP contribution in [0.4, 0.5) is 0 Å². The molecular weight excluding hydrogens is 246 g/mol. The quantitative estimate of drug-likeness (QED) is 0.831. The topological polar surface area (TPSA) is 32.3 Å². The molecule has 1 aromatic carbocycles. The fourth-order valence-corrected chi connectivity index (χ4v) is 3.30. The van der Waals surface area contributed by atoms with Crippen LogP contribution in [0.15, 0.2) is 24.3 Å². The van der Waals surface area contributed by atoms with Gasteiger partial charge >= 0.3 is 0 Å². The van der Waals surface area contributed by atoms with Crippen molar-refractivity contribution in [2.45, 2.75) is 64.5 Å². The molecule has 0 heterocycles. The summed E-state index contributed by atoms with van der Waals surface area (Å²) in [5.41, 5.74) is 2.23. The maximum absolute atomic E-state index is 10.3. The second-order valence-electron chi connectivity index (χ2n) is 7.26. The SMILES string of the molecule is Cc1cccc(C2CC(NCC(C)(O)CC(C)C)C2)c1. The highest BCUT2D eigenvalue weighted by molar-refractivity contribution is 5.27. The van der Waals surface area contributed by atoms with Gasteiger partial charge in [-0.15, -0.1) is 0 Å². The van der Waals surface area contributed by atoms with Crippen molar-refractivity contribution in [2.24, 2.45) is 5.92 Å². The van der Waals surface area contributed by atoms with Gasteiger partial charge in [0, 0.05) is 12.6 Å². The molecule has 0 spiro atoms. The number of rotatable bonds is 6. The van der Waals surface area contributed by atoms with Gasteiger partial charge in [0.25, 0.3) is 0 Å². The van der Waals surface area contributed by atoms with E-state index in [0.29, 0.717) is 24.4 Å². The number of nitrogens with one attached hydrogen (secondary N) is 1. The second kappa shape index (κ2) is 6.28. The minimum Gasteiger partial charge on any atom is -0.389 e. The highest BCUT2D eigenvalue weighted by Gasteiger charge is 2.32. The van der Waals surface area contributed by atoms with E-state index in [1.54, 1.807) is 0 Å². The van der Waals surface area contributed by atoms with Crippen molar-refractivity contribution in [1.29, 1.82) is 0 Å². The van der Waals surface area contributed by atoms with E-state index in [9.17, 15) is 5.11 Å². The molecule has 1 aromatic rings. The Hall–Kier alpha value is -0.860. The average Bonchev–Trinajstić information content (AvgIpc) is 2.24. The lowest BCUT2D eigenvalue weighted by Gasteiger charge is -2.38. The average molecular weight is 275 g/mol. The van der Waals surface area contributed by atoms with Crippen LogP contribution >= 0.6 is 0 Å². The summed E-state index contributed by atoms with van der Waals surface area (Å²) in [5, 5.41) is 13.8. The first-order valence-electron chi connectivity index (χ1n) is 7.88. The summed E-state index contributed by atoms with van der Waals surface area (Å²) in [6, 6.07) is 9.41. The summed E-state index contributed by atoms with van der Waals surface area (Å²) in [6.07, 6.45) is 3.25. The molecule has 0 radical (unpaired) electrons. The molecule has 112 valence electrons. The Labute approximate surface area is 123 Å². The van der Waals surface area contributed by atoms with E-state index in [-0.39, 0.29) is 0 Å². The van der Waals surface area contributed by atoms with E-state index in [1.165, 1.54) is 24.0 Å². The lowest BCUT2D eigenvalue weighted by atomic mass is 9.75. The number of aryl methyl sites for hydroxylation is 1. The number of aliphatic hydroxyl groups is 1. The molecule has 1 unspecified atom stereocenters. The van der Waals surface area contributed by atoms with Crippen LogP contribution in [0.25, 0.3) is 0 Å². The Morgan fingerprint density at radius 3 is 2.65 bits per heavy atom. The molecule has 0 saturated heterocycles. The minimum absolute atomic E-state index is 0.535.